The number of carbonyl (C=O) groups excluding carboxylic acids is 1. The molecule has 1 amide bonds. The summed E-state index contributed by atoms with van der Waals surface area (Å²) in [6.45, 7) is 0.691. The smallest absolute Gasteiger partial charge is 0.254 e. The van der Waals surface area contributed by atoms with Gasteiger partial charge in [0, 0.05) is 18.2 Å². The van der Waals surface area contributed by atoms with Crippen LogP contribution in [0.3, 0.4) is 0 Å². The van der Waals surface area contributed by atoms with Gasteiger partial charge in [0.05, 0.1) is 26.9 Å². The SMILES string of the molecule is COc1cc(OC)cc(C(=O)N2CCCCC2CO)c1. The van der Waals surface area contributed by atoms with E-state index >= 15 is 0 Å². The Balaban J connectivity index is 2.27. The number of piperidine rings is 1. The van der Waals surface area contributed by atoms with Gasteiger partial charge < -0.3 is 19.5 Å². The number of hydrogen-bond donors (Lipinski definition) is 1. The molecule has 5 nitrogen and oxygen atoms in total. The second-order valence-electron chi connectivity index (χ2n) is 4.93. The minimum Gasteiger partial charge on any atom is -0.497 e. The summed E-state index contributed by atoms with van der Waals surface area (Å²) in [4.78, 5) is 14.4. The van der Waals surface area contributed by atoms with Crippen molar-refractivity contribution in [1.82, 2.24) is 4.90 Å². The fourth-order valence-electron chi connectivity index (χ4n) is 2.55. The van der Waals surface area contributed by atoms with Crippen LogP contribution in [0, 0.1) is 0 Å². The third-order valence-corrected chi connectivity index (χ3v) is 3.70. The van der Waals surface area contributed by atoms with Gasteiger partial charge in [-0.15, -0.1) is 0 Å². The zero-order valence-electron chi connectivity index (χ0n) is 12.0. The van der Waals surface area contributed by atoms with Crippen molar-refractivity contribution in [2.45, 2.75) is 25.3 Å². The summed E-state index contributed by atoms with van der Waals surface area (Å²) < 4.78 is 10.4. The number of likely N-dealkylation sites (tertiary alicyclic amines) is 1. The fourth-order valence-corrected chi connectivity index (χ4v) is 2.55. The highest BCUT2D eigenvalue weighted by Gasteiger charge is 2.27. The molecule has 20 heavy (non-hydrogen) atoms. The van der Waals surface area contributed by atoms with E-state index in [2.05, 4.69) is 0 Å². The van der Waals surface area contributed by atoms with Gasteiger partial charge in [-0.2, -0.15) is 0 Å². The van der Waals surface area contributed by atoms with Crippen LogP contribution >= 0.6 is 0 Å². The maximum atomic E-state index is 12.6. The Kier molecular flexibility index (Phi) is 4.84. The number of carbonyl (C=O) groups is 1. The van der Waals surface area contributed by atoms with Gasteiger partial charge in [0.15, 0.2) is 0 Å². The quantitative estimate of drug-likeness (QED) is 0.911. The van der Waals surface area contributed by atoms with Gasteiger partial charge in [-0.05, 0) is 31.4 Å². The Hall–Kier alpha value is -1.75. The van der Waals surface area contributed by atoms with Gasteiger partial charge in [-0.3, -0.25) is 4.79 Å². The van der Waals surface area contributed by atoms with Crippen LogP contribution in [0.2, 0.25) is 0 Å². The minimum absolute atomic E-state index is 0.00679. The van der Waals surface area contributed by atoms with Crippen molar-refractivity contribution in [3.05, 3.63) is 23.8 Å². The Morgan fingerprint density at radius 3 is 2.45 bits per heavy atom. The number of aliphatic hydroxyl groups excluding tert-OH is 1. The molecule has 0 aliphatic carbocycles. The summed E-state index contributed by atoms with van der Waals surface area (Å²) >= 11 is 0. The first kappa shape index (κ1) is 14.7. The zero-order valence-corrected chi connectivity index (χ0v) is 12.0. The first-order valence-corrected chi connectivity index (χ1v) is 6.84. The second-order valence-corrected chi connectivity index (χ2v) is 4.93. The third-order valence-electron chi connectivity index (χ3n) is 3.70. The predicted octanol–water partition coefficient (Wildman–Crippen LogP) is 1.69. The number of methoxy groups -OCH3 is 2. The molecule has 1 fully saturated rings. The van der Waals surface area contributed by atoms with E-state index in [1.165, 1.54) is 0 Å². The number of ether oxygens (including phenoxy) is 2. The number of hydrogen-bond acceptors (Lipinski definition) is 4. The molecule has 110 valence electrons. The number of amides is 1. The molecular weight excluding hydrogens is 258 g/mol. The highest BCUT2D eigenvalue weighted by Crippen LogP contribution is 2.25. The lowest BCUT2D eigenvalue weighted by molar-refractivity contribution is 0.0502. The van der Waals surface area contributed by atoms with Crippen LogP contribution in [0.5, 0.6) is 11.5 Å². The minimum atomic E-state index is -0.0894. The van der Waals surface area contributed by atoms with Crippen molar-refractivity contribution in [2.24, 2.45) is 0 Å². The van der Waals surface area contributed by atoms with E-state index in [1.807, 2.05) is 0 Å². The van der Waals surface area contributed by atoms with Crippen LogP contribution in [-0.2, 0) is 0 Å². The number of benzene rings is 1. The van der Waals surface area contributed by atoms with Crippen molar-refractivity contribution in [2.75, 3.05) is 27.4 Å². The van der Waals surface area contributed by atoms with Crippen LogP contribution < -0.4 is 9.47 Å². The summed E-state index contributed by atoms with van der Waals surface area (Å²) in [7, 11) is 3.11. The van der Waals surface area contributed by atoms with Crippen molar-refractivity contribution in [3.63, 3.8) is 0 Å². The molecule has 0 radical (unpaired) electrons. The van der Waals surface area contributed by atoms with Gasteiger partial charge in [-0.25, -0.2) is 0 Å². The molecule has 1 aromatic carbocycles. The topological polar surface area (TPSA) is 59.0 Å². The second kappa shape index (κ2) is 6.61. The summed E-state index contributed by atoms with van der Waals surface area (Å²) in [5.74, 6) is 1.09. The molecule has 1 aliphatic rings. The average molecular weight is 279 g/mol. The molecular formula is C15H21NO4. The van der Waals surface area contributed by atoms with E-state index in [0.717, 1.165) is 19.3 Å². The lowest BCUT2D eigenvalue weighted by Crippen LogP contribution is -2.45. The molecule has 1 N–H and O–H groups in total. The Labute approximate surface area is 119 Å². The molecule has 2 rings (SSSR count). The van der Waals surface area contributed by atoms with E-state index < -0.39 is 0 Å². The van der Waals surface area contributed by atoms with E-state index in [4.69, 9.17) is 9.47 Å². The lowest BCUT2D eigenvalue weighted by atomic mass is 10.0. The molecule has 1 aliphatic heterocycles. The first-order chi connectivity index (χ1) is 9.69. The highest BCUT2D eigenvalue weighted by atomic mass is 16.5. The molecule has 1 unspecified atom stereocenters. The predicted molar refractivity (Wildman–Crippen MR) is 75.3 cm³/mol. The number of rotatable bonds is 4. The first-order valence-electron chi connectivity index (χ1n) is 6.84. The monoisotopic (exact) mass is 279 g/mol. The van der Waals surface area contributed by atoms with Crippen molar-refractivity contribution in [1.29, 1.82) is 0 Å². The van der Waals surface area contributed by atoms with Crippen LogP contribution in [-0.4, -0.2) is 49.3 Å². The van der Waals surface area contributed by atoms with Gasteiger partial charge in [-0.1, -0.05) is 0 Å². The van der Waals surface area contributed by atoms with Crippen molar-refractivity contribution < 1.29 is 19.4 Å². The largest absolute Gasteiger partial charge is 0.497 e. The Bertz CT molecular complexity index is 453. The van der Waals surface area contributed by atoms with Crippen molar-refractivity contribution in [3.8, 4) is 11.5 Å². The molecule has 1 atom stereocenters. The van der Waals surface area contributed by atoms with Crippen LogP contribution in [0.1, 0.15) is 29.6 Å². The zero-order chi connectivity index (χ0) is 14.5. The van der Waals surface area contributed by atoms with E-state index in [1.54, 1.807) is 37.3 Å². The van der Waals surface area contributed by atoms with E-state index in [-0.39, 0.29) is 18.6 Å². The van der Waals surface area contributed by atoms with E-state index in [0.29, 0.717) is 23.6 Å². The van der Waals surface area contributed by atoms with Gasteiger partial charge in [0.2, 0.25) is 0 Å². The molecule has 0 saturated carbocycles. The maximum absolute atomic E-state index is 12.6. The molecule has 5 heteroatoms. The third kappa shape index (κ3) is 3.04. The maximum Gasteiger partial charge on any atom is 0.254 e. The Morgan fingerprint density at radius 2 is 1.90 bits per heavy atom. The molecule has 0 spiro atoms. The highest BCUT2D eigenvalue weighted by molar-refractivity contribution is 5.95. The van der Waals surface area contributed by atoms with E-state index in [9.17, 15) is 9.90 Å². The van der Waals surface area contributed by atoms with Crippen LogP contribution in [0.15, 0.2) is 18.2 Å². The summed E-state index contributed by atoms with van der Waals surface area (Å²) in [5.41, 5.74) is 0.529. The molecule has 1 saturated heterocycles. The Morgan fingerprint density at radius 1 is 1.25 bits per heavy atom. The summed E-state index contributed by atoms with van der Waals surface area (Å²) in [6.07, 6.45) is 2.88. The molecule has 0 bridgehead atoms. The molecule has 1 aromatic rings. The van der Waals surface area contributed by atoms with Crippen LogP contribution in [0.25, 0.3) is 0 Å². The van der Waals surface area contributed by atoms with Crippen LogP contribution in [0.4, 0.5) is 0 Å². The van der Waals surface area contributed by atoms with Gasteiger partial charge in [0.1, 0.15) is 11.5 Å². The normalized spacial score (nSPS) is 18.8. The number of aliphatic hydroxyl groups is 1. The lowest BCUT2D eigenvalue weighted by Gasteiger charge is -2.34. The van der Waals surface area contributed by atoms with Crippen molar-refractivity contribution >= 4 is 5.91 Å². The van der Waals surface area contributed by atoms with Gasteiger partial charge in [0.25, 0.3) is 5.91 Å². The number of nitrogens with zero attached hydrogens (tertiary/aromatic N) is 1. The van der Waals surface area contributed by atoms with Gasteiger partial charge >= 0.3 is 0 Å². The summed E-state index contributed by atoms with van der Waals surface area (Å²) in [5, 5.41) is 9.42. The standard InChI is InChI=1S/C15H21NO4/c1-19-13-7-11(8-14(9-13)20-2)15(18)16-6-4-3-5-12(16)10-17/h7-9,12,17H,3-6,10H2,1-2H3. The molecule has 0 aromatic heterocycles. The summed E-state index contributed by atoms with van der Waals surface area (Å²) in [6, 6.07) is 5.05. The molecule has 1 heterocycles. The average Bonchev–Trinajstić information content (AvgIpc) is 2.53. The fraction of sp³-hybridized carbons (Fsp3) is 0.533.